The van der Waals surface area contributed by atoms with E-state index in [2.05, 4.69) is 28.0 Å². The van der Waals surface area contributed by atoms with Crippen LogP contribution in [0.4, 0.5) is 0 Å². The summed E-state index contributed by atoms with van der Waals surface area (Å²) in [4.78, 5) is 33.6. The molecule has 0 radical (unpaired) electrons. The van der Waals surface area contributed by atoms with Gasteiger partial charge in [0.15, 0.2) is 5.78 Å². The van der Waals surface area contributed by atoms with Crippen LogP contribution in [0, 0.1) is 0 Å². The number of hydrogen-bond donors (Lipinski definition) is 0. The summed E-state index contributed by atoms with van der Waals surface area (Å²) in [6, 6.07) is 25.7. The molecule has 5 rings (SSSR count). The second-order valence-electron chi connectivity index (χ2n) is 11.8. The van der Waals surface area contributed by atoms with E-state index in [1.54, 1.807) is 6.92 Å². The van der Waals surface area contributed by atoms with E-state index in [9.17, 15) is 9.59 Å². The first-order chi connectivity index (χ1) is 20.3. The highest BCUT2D eigenvalue weighted by Crippen LogP contribution is 2.42. The van der Waals surface area contributed by atoms with Crippen molar-refractivity contribution in [3.8, 4) is 0 Å². The van der Waals surface area contributed by atoms with Crippen molar-refractivity contribution in [2.75, 3.05) is 33.2 Å². The van der Waals surface area contributed by atoms with Crippen molar-refractivity contribution < 1.29 is 9.59 Å². The molecule has 0 saturated carbocycles. The molecule has 3 aromatic rings. The van der Waals surface area contributed by atoms with E-state index in [4.69, 9.17) is 23.2 Å². The number of likely N-dealkylation sites (tertiary alicyclic amines) is 2. The lowest BCUT2D eigenvalue weighted by Crippen LogP contribution is -2.54. The molecule has 0 spiro atoms. The van der Waals surface area contributed by atoms with Gasteiger partial charge in [0.05, 0.1) is 21.6 Å². The minimum absolute atomic E-state index is 0.0317. The van der Waals surface area contributed by atoms with Gasteiger partial charge in [-0.05, 0) is 68.5 Å². The Morgan fingerprint density at radius 2 is 1.43 bits per heavy atom. The number of benzene rings is 3. The van der Waals surface area contributed by atoms with E-state index in [0.29, 0.717) is 16.5 Å². The lowest BCUT2D eigenvalue weighted by molar-refractivity contribution is -0.136. The third-order valence-electron chi connectivity index (χ3n) is 9.46. The van der Waals surface area contributed by atoms with E-state index in [0.717, 1.165) is 63.0 Å². The summed E-state index contributed by atoms with van der Waals surface area (Å²) in [5.41, 5.74) is 2.61. The number of rotatable bonds is 9. The first kappa shape index (κ1) is 30.7. The number of halogens is 2. The standard InChI is InChI=1S/C35H41Cl2N3O2/c1-26(41)38(2)35(29-14-8-4-9-15-29)18-22-40(23-19-35)32(28-16-17-30(36)31(37)24-28)25-33(39-20-10-5-11-21-39)34(42)27-12-6-3-7-13-27/h3-4,6-9,12-17,24,32-33H,5,10-11,18-23,25H2,1-2H3. The lowest BCUT2D eigenvalue weighted by Gasteiger charge is -2.50. The maximum Gasteiger partial charge on any atom is 0.219 e. The Hall–Kier alpha value is -2.70. The summed E-state index contributed by atoms with van der Waals surface area (Å²) >= 11 is 12.9. The minimum Gasteiger partial charge on any atom is -0.336 e. The molecule has 2 unspecified atom stereocenters. The predicted molar refractivity (Wildman–Crippen MR) is 171 cm³/mol. The van der Waals surface area contributed by atoms with Crippen molar-refractivity contribution in [3.63, 3.8) is 0 Å². The Morgan fingerprint density at radius 3 is 2.02 bits per heavy atom. The zero-order chi connectivity index (χ0) is 29.7. The highest BCUT2D eigenvalue weighted by Gasteiger charge is 2.43. The number of ketones is 1. The van der Waals surface area contributed by atoms with Crippen LogP contribution in [0.5, 0.6) is 0 Å². The number of piperidine rings is 2. The van der Waals surface area contributed by atoms with Crippen LogP contribution in [-0.2, 0) is 10.3 Å². The first-order valence-electron chi connectivity index (χ1n) is 15.1. The molecule has 0 aliphatic carbocycles. The van der Waals surface area contributed by atoms with Crippen LogP contribution in [0.2, 0.25) is 10.0 Å². The van der Waals surface area contributed by atoms with Crippen LogP contribution < -0.4 is 0 Å². The largest absolute Gasteiger partial charge is 0.336 e. The molecular weight excluding hydrogens is 565 g/mol. The maximum atomic E-state index is 14.1. The van der Waals surface area contributed by atoms with E-state index in [-0.39, 0.29) is 29.3 Å². The van der Waals surface area contributed by atoms with Crippen molar-refractivity contribution in [3.05, 3.63) is 106 Å². The van der Waals surface area contributed by atoms with Gasteiger partial charge < -0.3 is 4.90 Å². The Kier molecular flexibility index (Phi) is 10.1. The fourth-order valence-electron chi connectivity index (χ4n) is 6.95. The Labute approximate surface area is 260 Å². The summed E-state index contributed by atoms with van der Waals surface area (Å²) in [5.74, 6) is 0.237. The van der Waals surface area contributed by atoms with Crippen molar-refractivity contribution >= 4 is 34.9 Å². The fraction of sp³-hybridized carbons (Fsp3) is 0.429. The first-order valence-corrected chi connectivity index (χ1v) is 15.9. The quantitative estimate of drug-likeness (QED) is 0.235. The number of carbonyl (C=O) groups excluding carboxylic acids is 2. The van der Waals surface area contributed by atoms with Crippen LogP contribution in [0.15, 0.2) is 78.9 Å². The molecule has 2 heterocycles. The third kappa shape index (κ3) is 6.60. The van der Waals surface area contributed by atoms with Crippen molar-refractivity contribution in [1.82, 2.24) is 14.7 Å². The molecule has 222 valence electrons. The molecule has 2 fully saturated rings. The minimum atomic E-state index is -0.377. The van der Waals surface area contributed by atoms with Gasteiger partial charge in [-0.25, -0.2) is 0 Å². The van der Waals surface area contributed by atoms with E-state index in [1.807, 2.05) is 72.6 Å². The number of nitrogens with zero attached hydrogens (tertiary/aromatic N) is 3. The van der Waals surface area contributed by atoms with E-state index < -0.39 is 0 Å². The van der Waals surface area contributed by atoms with Gasteiger partial charge in [0.2, 0.25) is 5.91 Å². The molecule has 2 aliphatic heterocycles. The summed E-state index contributed by atoms with van der Waals surface area (Å²) in [6.45, 7) is 5.07. The maximum absolute atomic E-state index is 14.1. The number of amides is 1. The SMILES string of the molecule is CC(=O)N(C)C1(c2ccccc2)CCN(C(CC(C(=O)c2ccccc2)N2CCCCC2)c2ccc(Cl)c(Cl)c2)CC1. The normalized spacial score (nSPS) is 19.1. The highest BCUT2D eigenvalue weighted by molar-refractivity contribution is 6.42. The van der Waals surface area contributed by atoms with E-state index in [1.165, 1.54) is 12.0 Å². The molecule has 0 N–H and O–H groups in total. The van der Waals surface area contributed by atoms with Crippen LogP contribution in [0.3, 0.4) is 0 Å². The summed E-state index contributed by atoms with van der Waals surface area (Å²) < 4.78 is 0. The molecule has 1 amide bonds. The number of carbonyl (C=O) groups is 2. The third-order valence-corrected chi connectivity index (χ3v) is 10.2. The summed E-state index contributed by atoms with van der Waals surface area (Å²) in [5, 5.41) is 1.05. The molecule has 2 atom stereocenters. The van der Waals surface area contributed by atoms with Crippen molar-refractivity contribution in [2.45, 2.75) is 63.1 Å². The predicted octanol–water partition coefficient (Wildman–Crippen LogP) is 7.63. The van der Waals surface area contributed by atoms with Gasteiger partial charge in [-0.3, -0.25) is 19.4 Å². The van der Waals surface area contributed by atoms with Crippen molar-refractivity contribution in [1.29, 1.82) is 0 Å². The average Bonchev–Trinajstić information content (AvgIpc) is 3.04. The Bertz CT molecular complexity index is 1350. The smallest absolute Gasteiger partial charge is 0.219 e. The molecule has 2 saturated heterocycles. The topological polar surface area (TPSA) is 43.9 Å². The summed E-state index contributed by atoms with van der Waals surface area (Å²) in [7, 11) is 1.92. The Balaban J connectivity index is 1.49. The Morgan fingerprint density at radius 1 is 0.810 bits per heavy atom. The van der Waals surface area contributed by atoms with Crippen LogP contribution in [0.1, 0.15) is 73.0 Å². The molecule has 0 aromatic heterocycles. The lowest BCUT2D eigenvalue weighted by atomic mass is 9.78. The number of Topliss-reactive ketones (excluding diaryl/α,β-unsaturated/α-hetero) is 1. The summed E-state index contributed by atoms with van der Waals surface area (Å²) in [6.07, 6.45) is 5.67. The average molecular weight is 607 g/mol. The fourth-order valence-corrected chi connectivity index (χ4v) is 7.25. The van der Waals surface area contributed by atoms with Gasteiger partial charge in [0, 0.05) is 38.7 Å². The van der Waals surface area contributed by atoms with Gasteiger partial charge in [0.1, 0.15) is 0 Å². The molecule has 3 aromatic carbocycles. The van der Waals surface area contributed by atoms with Gasteiger partial charge >= 0.3 is 0 Å². The van der Waals surface area contributed by atoms with Crippen molar-refractivity contribution in [2.24, 2.45) is 0 Å². The molecule has 2 aliphatic rings. The second-order valence-corrected chi connectivity index (χ2v) is 12.6. The second kappa shape index (κ2) is 13.7. The van der Waals surface area contributed by atoms with Gasteiger partial charge in [-0.2, -0.15) is 0 Å². The molecule has 7 heteroatoms. The molecular formula is C35H41Cl2N3O2. The van der Waals surface area contributed by atoms with Gasteiger partial charge in [-0.15, -0.1) is 0 Å². The zero-order valence-electron chi connectivity index (χ0n) is 24.6. The van der Waals surface area contributed by atoms with Crippen LogP contribution in [0.25, 0.3) is 0 Å². The molecule has 42 heavy (non-hydrogen) atoms. The van der Waals surface area contributed by atoms with Gasteiger partial charge in [-0.1, -0.05) is 96.4 Å². The molecule has 5 nitrogen and oxygen atoms in total. The highest BCUT2D eigenvalue weighted by atomic mass is 35.5. The monoisotopic (exact) mass is 605 g/mol. The zero-order valence-corrected chi connectivity index (χ0v) is 26.2. The van der Waals surface area contributed by atoms with Crippen LogP contribution in [-0.4, -0.2) is 65.7 Å². The van der Waals surface area contributed by atoms with E-state index >= 15 is 0 Å². The van der Waals surface area contributed by atoms with Gasteiger partial charge in [0.25, 0.3) is 0 Å². The number of hydrogen-bond acceptors (Lipinski definition) is 4. The van der Waals surface area contributed by atoms with Crippen LogP contribution >= 0.6 is 23.2 Å². The molecule has 0 bridgehead atoms.